The first-order valence-corrected chi connectivity index (χ1v) is 10.1. The predicted molar refractivity (Wildman–Crippen MR) is 116 cm³/mol. The van der Waals surface area contributed by atoms with Crippen molar-refractivity contribution in [3.05, 3.63) is 48.0 Å². The monoisotopic (exact) mass is 436 g/mol. The molecule has 1 saturated heterocycles. The van der Waals surface area contributed by atoms with Gasteiger partial charge in [0.25, 0.3) is 5.91 Å². The van der Waals surface area contributed by atoms with Gasteiger partial charge in [0.15, 0.2) is 11.5 Å². The first-order chi connectivity index (χ1) is 15.3. The average Bonchev–Trinajstić information content (AvgIpc) is 3.40. The molecule has 1 aliphatic rings. The molecule has 10 nitrogen and oxygen atoms in total. The molecule has 3 aromatic heterocycles. The van der Waals surface area contributed by atoms with Crippen molar-refractivity contribution in [1.29, 1.82) is 0 Å². The number of nitrogens with zero attached hydrogens (tertiary/aromatic N) is 4. The Hall–Kier alpha value is -3.79. The van der Waals surface area contributed by atoms with Crippen LogP contribution in [0.3, 0.4) is 0 Å². The van der Waals surface area contributed by atoms with Crippen molar-refractivity contribution in [3.8, 4) is 22.6 Å². The van der Waals surface area contributed by atoms with Gasteiger partial charge in [0.05, 0.1) is 17.1 Å². The molecule has 166 valence electrons. The summed E-state index contributed by atoms with van der Waals surface area (Å²) in [6, 6.07) is 8.42. The summed E-state index contributed by atoms with van der Waals surface area (Å²) in [4.78, 5) is 34.7. The van der Waals surface area contributed by atoms with Gasteiger partial charge in [-0.3, -0.25) is 14.6 Å². The third-order valence-electron chi connectivity index (χ3n) is 6.11. The molecule has 0 radical (unpaired) electrons. The van der Waals surface area contributed by atoms with E-state index in [4.69, 9.17) is 16.0 Å². The van der Waals surface area contributed by atoms with E-state index in [-0.39, 0.29) is 29.8 Å². The van der Waals surface area contributed by atoms with Crippen LogP contribution in [0, 0.1) is 5.92 Å². The summed E-state index contributed by atoms with van der Waals surface area (Å²) >= 11 is 0. The van der Waals surface area contributed by atoms with Crippen LogP contribution in [-0.2, 0) is 10.2 Å². The number of likely N-dealkylation sites (N-methyl/N-ethyl adjacent to an activating group) is 1. The summed E-state index contributed by atoms with van der Waals surface area (Å²) in [6.07, 6.45) is 2.12. The van der Waals surface area contributed by atoms with Crippen molar-refractivity contribution in [2.75, 3.05) is 25.9 Å². The molecule has 10 heteroatoms. The molecule has 0 aliphatic carbocycles. The molecular weight excluding hydrogens is 412 g/mol. The molecule has 2 amide bonds. The lowest BCUT2D eigenvalue weighted by Crippen LogP contribution is -2.43. The highest BCUT2D eigenvalue weighted by Crippen LogP contribution is 2.43. The standard InChI is InChI=1S/C22H24N6O4/c1-12(11-29)22(6-8-28(2)21(22)31)18-10-16(27-32-18)13-5-7-25-17(9-13)15-4-3-14(23)19(26-15)20(24)30/h3-5,7,9-10,12,29H,6,8,11,23H2,1-2H3,(H2,24,30)/t12-,22-/m1/s1. The fourth-order valence-corrected chi connectivity index (χ4v) is 4.14. The van der Waals surface area contributed by atoms with E-state index in [9.17, 15) is 14.7 Å². The summed E-state index contributed by atoms with van der Waals surface area (Å²) in [5, 5.41) is 14.0. The zero-order valence-electron chi connectivity index (χ0n) is 17.8. The summed E-state index contributed by atoms with van der Waals surface area (Å²) in [5.41, 5.74) is 12.4. The van der Waals surface area contributed by atoms with Crippen molar-refractivity contribution >= 4 is 17.5 Å². The van der Waals surface area contributed by atoms with Gasteiger partial charge in [0.2, 0.25) is 5.91 Å². The van der Waals surface area contributed by atoms with Crippen LogP contribution in [0.5, 0.6) is 0 Å². The average molecular weight is 436 g/mol. The van der Waals surface area contributed by atoms with E-state index < -0.39 is 11.3 Å². The smallest absolute Gasteiger partial charge is 0.269 e. The van der Waals surface area contributed by atoms with Gasteiger partial charge in [0, 0.05) is 43.9 Å². The number of likely N-dealkylation sites (tertiary alicyclic amines) is 1. The summed E-state index contributed by atoms with van der Waals surface area (Å²) in [7, 11) is 1.74. The van der Waals surface area contributed by atoms with Crippen molar-refractivity contribution in [2.24, 2.45) is 11.7 Å². The van der Waals surface area contributed by atoms with E-state index in [0.717, 1.165) is 0 Å². The maximum atomic E-state index is 13.0. The van der Waals surface area contributed by atoms with Gasteiger partial charge in [-0.05, 0) is 30.7 Å². The van der Waals surface area contributed by atoms with Gasteiger partial charge < -0.3 is 26.0 Å². The van der Waals surface area contributed by atoms with Crippen LogP contribution in [0.1, 0.15) is 29.6 Å². The van der Waals surface area contributed by atoms with E-state index in [1.807, 2.05) is 6.92 Å². The second-order valence-electron chi connectivity index (χ2n) is 8.04. The molecule has 0 spiro atoms. The highest BCUT2D eigenvalue weighted by atomic mass is 16.5. The Morgan fingerprint density at radius 3 is 2.72 bits per heavy atom. The largest absolute Gasteiger partial charge is 0.397 e. The number of anilines is 1. The van der Waals surface area contributed by atoms with Crippen LogP contribution in [-0.4, -0.2) is 57.1 Å². The topological polar surface area (TPSA) is 161 Å². The Bertz CT molecular complexity index is 1190. The number of carbonyl (C=O) groups is 2. The number of hydrogen-bond acceptors (Lipinski definition) is 8. The number of pyridine rings is 2. The number of hydrogen-bond donors (Lipinski definition) is 3. The molecule has 0 unspecified atom stereocenters. The minimum absolute atomic E-state index is 0.0257. The molecule has 4 rings (SSSR count). The second kappa shape index (κ2) is 8.04. The number of rotatable bonds is 6. The molecule has 4 heterocycles. The Kier molecular flexibility index (Phi) is 5.39. The third kappa shape index (κ3) is 3.38. The van der Waals surface area contributed by atoms with Gasteiger partial charge in [0.1, 0.15) is 11.1 Å². The number of carbonyl (C=O) groups excluding carboxylic acids is 2. The lowest BCUT2D eigenvalue weighted by atomic mass is 9.73. The number of nitrogen functional groups attached to an aromatic ring is 1. The molecule has 1 fully saturated rings. The third-order valence-corrected chi connectivity index (χ3v) is 6.11. The normalized spacial score (nSPS) is 19.3. The zero-order chi connectivity index (χ0) is 23.0. The van der Waals surface area contributed by atoms with Crippen LogP contribution in [0.2, 0.25) is 0 Å². The van der Waals surface area contributed by atoms with Crippen molar-refractivity contribution in [2.45, 2.75) is 18.8 Å². The number of aliphatic hydroxyl groups is 1. The minimum atomic E-state index is -0.959. The molecule has 0 aromatic carbocycles. The number of nitrogens with two attached hydrogens (primary N) is 2. The van der Waals surface area contributed by atoms with E-state index in [2.05, 4.69) is 15.1 Å². The van der Waals surface area contributed by atoms with Crippen LogP contribution in [0.15, 0.2) is 41.1 Å². The molecule has 5 N–H and O–H groups in total. The van der Waals surface area contributed by atoms with Crippen LogP contribution >= 0.6 is 0 Å². The highest BCUT2D eigenvalue weighted by Gasteiger charge is 2.53. The first kappa shape index (κ1) is 21.4. The summed E-state index contributed by atoms with van der Waals surface area (Å²) < 4.78 is 5.64. The van der Waals surface area contributed by atoms with Crippen molar-refractivity contribution < 1.29 is 19.2 Å². The molecule has 1 aliphatic heterocycles. The van der Waals surface area contributed by atoms with E-state index >= 15 is 0 Å². The van der Waals surface area contributed by atoms with Crippen LogP contribution in [0.25, 0.3) is 22.6 Å². The van der Waals surface area contributed by atoms with E-state index in [1.54, 1.807) is 48.5 Å². The molecule has 2 atom stereocenters. The van der Waals surface area contributed by atoms with E-state index in [0.29, 0.717) is 41.4 Å². The summed E-state index contributed by atoms with van der Waals surface area (Å²) in [5.74, 6) is -0.735. The molecule has 0 bridgehead atoms. The van der Waals surface area contributed by atoms with E-state index in [1.165, 1.54) is 0 Å². The number of primary amides is 1. The Labute approximate surface area is 184 Å². The van der Waals surface area contributed by atoms with Gasteiger partial charge in [-0.25, -0.2) is 4.98 Å². The number of aromatic nitrogens is 3. The lowest BCUT2D eigenvalue weighted by molar-refractivity contribution is -0.134. The summed E-state index contributed by atoms with van der Waals surface area (Å²) in [6.45, 7) is 2.25. The van der Waals surface area contributed by atoms with Gasteiger partial charge in [-0.1, -0.05) is 12.1 Å². The number of amides is 2. The molecule has 32 heavy (non-hydrogen) atoms. The SMILES string of the molecule is C[C@H](CO)[C@@]1(c2cc(-c3ccnc(-c4ccc(N)c(C(N)=O)n4)c3)no2)CCN(C)C1=O. The van der Waals surface area contributed by atoms with Crippen LogP contribution in [0.4, 0.5) is 5.69 Å². The van der Waals surface area contributed by atoms with Gasteiger partial charge in [-0.15, -0.1) is 0 Å². The quantitative estimate of drug-likeness (QED) is 0.519. The molecular formula is C22H24N6O4. The first-order valence-electron chi connectivity index (χ1n) is 10.1. The predicted octanol–water partition coefficient (Wildman–Crippen LogP) is 1.21. The maximum absolute atomic E-state index is 13.0. The van der Waals surface area contributed by atoms with Crippen molar-refractivity contribution in [3.63, 3.8) is 0 Å². The fraction of sp³-hybridized carbons (Fsp3) is 0.318. The second-order valence-corrected chi connectivity index (χ2v) is 8.04. The maximum Gasteiger partial charge on any atom is 0.269 e. The Morgan fingerprint density at radius 1 is 1.28 bits per heavy atom. The molecule has 0 saturated carbocycles. The van der Waals surface area contributed by atoms with Crippen LogP contribution < -0.4 is 11.5 Å². The minimum Gasteiger partial charge on any atom is -0.397 e. The molecule has 3 aromatic rings. The zero-order valence-corrected chi connectivity index (χ0v) is 17.8. The Balaban J connectivity index is 1.72. The van der Waals surface area contributed by atoms with Gasteiger partial charge in [-0.2, -0.15) is 0 Å². The van der Waals surface area contributed by atoms with Crippen molar-refractivity contribution in [1.82, 2.24) is 20.0 Å². The lowest BCUT2D eigenvalue weighted by Gasteiger charge is -2.29. The highest BCUT2D eigenvalue weighted by molar-refractivity contribution is 5.96. The Morgan fingerprint density at radius 2 is 2.06 bits per heavy atom. The number of aliphatic hydroxyl groups excluding tert-OH is 1. The fourth-order valence-electron chi connectivity index (χ4n) is 4.14. The van der Waals surface area contributed by atoms with Gasteiger partial charge >= 0.3 is 0 Å².